The minimum absolute atomic E-state index is 0.671. The quantitative estimate of drug-likeness (QED) is 0.422. The molecule has 0 aliphatic carbocycles. The van der Waals surface area contributed by atoms with E-state index in [2.05, 4.69) is 30.3 Å². The largest absolute Gasteiger partial charge is 0.454 e. The maximum atomic E-state index is 6.55. The van der Waals surface area contributed by atoms with Gasteiger partial charge in [-0.15, -0.1) is 0 Å². The second kappa shape index (κ2) is 4.39. The molecule has 0 spiro atoms. The predicted octanol–water partition coefficient (Wildman–Crippen LogP) is 5.91. The van der Waals surface area contributed by atoms with Crippen LogP contribution in [0.1, 0.15) is 0 Å². The first kappa shape index (κ1) is 11.6. The van der Waals surface area contributed by atoms with E-state index in [1.165, 1.54) is 0 Å². The number of rotatable bonds is 1. The summed E-state index contributed by atoms with van der Waals surface area (Å²) in [5.41, 5.74) is 3.72. The lowest BCUT2D eigenvalue weighted by Crippen LogP contribution is -1.79. The monoisotopic (exact) mass is 278 g/mol. The zero-order valence-corrected chi connectivity index (χ0v) is 11.4. The van der Waals surface area contributed by atoms with Gasteiger partial charge >= 0.3 is 0 Å². The first-order valence-corrected chi connectivity index (χ1v) is 6.87. The molecule has 0 aliphatic rings. The van der Waals surface area contributed by atoms with Crippen LogP contribution in [0.15, 0.2) is 71.1 Å². The minimum atomic E-state index is 0.671. The van der Waals surface area contributed by atoms with E-state index in [0.717, 1.165) is 33.1 Å². The van der Waals surface area contributed by atoms with Crippen LogP contribution in [-0.4, -0.2) is 0 Å². The van der Waals surface area contributed by atoms with Crippen LogP contribution in [0.5, 0.6) is 0 Å². The van der Waals surface area contributed by atoms with Crippen molar-refractivity contribution in [2.24, 2.45) is 0 Å². The van der Waals surface area contributed by atoms with Gasteiger partial charge in [0, 0.05) is 16.3 Å². The van der Waals surface area contributed by atoms with Gasteiger partial charge in [0.05, 0.1) is 5.02 Å². The lowest BCUT2D eigenvalue weighted by Gasteiger charge is -2.04. The molecule has 3 aromatic carbocycles. The third-order valence-electron chi connectivity index (χ3n) is 3.57. The highest BCUT2D eigenvalue weighted by Gasteiger charge is 2.13. The Labute approximate surface area is 121 Å². The highest BCUT2D eigenvalue weighted by molar-refractivity contribution is 6.38. The highest BCUT2D eigenvalue weighted by Crippen LogP contribution is 2.38. The Hall–Kier alpha value is -2.25. The molecule has 96 valence electrons. The number of hydrogen-bond acceptors (Lipinski definition) is 1. The fourth-order valence-electron chi connectivity index (χ4n) is 2.60. The summed E-state index contributed by atoms with van der Waals surface area (Å²) >= 11 is 6.55. The highest BCUT2D eigenvalue weighted by atomic mass is 35.5. The van der Waals surface area contributed by atoms with Gasteiger partial charge in [-0.3, -0.25) is 0 Å². The summed E-state index contributed by atoms with van der Waals surface area (Å²) in [7, 11) is 0. The van der Waals surface area contributed by atoms with Crippen molar-refractivity contribution < 1.29 is 4.42 Å². The number of para-hydroxylation sites is 1. The fourth-order valence-corrected chi connectivity index (χ4v) is 2.91. The molecule has 0 saturated heterocycles. The molecule has 0 radical (unpaired) electrons. The van der Waals surface area contributed by atoms with E-state index in [9.17, 15) is 0 Å². The van der Waals surface area contributed by atoms with E-state index in [1.807, 2.05) is 36.4 Å². The van der Waals surface area contributed by atoms with Gasteiger partial charge in [-0.1, -0.05) is 66.2 Å². The van der Waals surface area contributed by atoms with Gasteiger partial charge in [-0.05, 0) is 17.7 Å². The maximum Gasteiger partial charge on any atom is 0.154 e. The number of halogens is 1. The van der Waals surface area contributed by atoms with E-state index in [0.29, 0.717) is 5.02 Å². The van der Waals surface area contributed by atoms with Crippen LogP contribution in [0.3, 0.4) is 0 Å². The molecule has 0 N–H and O–H groups in total. The Morgan fingerprint density at radius 3 is 2.30 bits per heavy atom. The normalized spacial score (nSPS) is 11.2. The Bertz CT molecular complexity index is 907. The van der Waals surface area contributed by atoms with Crippen LogP contribution in [0, 0.1) is 0 Å². The summed E-state index contributed by atoms with van der Waals surface area (Å²) in [5.74, 6) is 0. The van der Waals surface area contributed by atoms with Crippen molar-refractivity contribution in [3.63, 3.8) is 0 Å². The molecule has 0 aliphatic heterocycles. The molecule has 0 unspecified atom stereocenters. The Kier molecular flexibility index (Phi) is 2.54. The summed E-state index contributed by atoms with van der Waals surface area (Å²) in [5, 5.41) is 2.83. The van der Waals surface area contributed by atoms with E-state index >= 15 is 0 Å². The molecule has 0 saturated carbocycles. The van der Waals surface area contributed by atoms with Gasteiger partial charge < -0.3 is 4.42 Å². The minimum Gasteiger partial charge on any atom is -0.454 e. The van der Waals surface area contributed by atoms with Crippen LogP contribution < -0.4 is 0 Å². The van der Waals surface area contributed by atoms with E-state index in [-0.39, 0.29) is 0 Å². The average molecular weight is 279 g/mol. The van der Waals surface area contributed by atoms with Crippen molar-refractivity contribution in [2.45, 2.75) is 0 Å². The number of hydrogen-bond donors (Lipinski definition) is 0. The topological polar surface area (TPSA) is 13.1 Å². The second-order valence-electron chi connectivity index (χ2n) is 4.77. The summed E-state index contributed by atoms with van der Waals surface area (Å²) in [6.07, 6.45) is 0. The van der Waals surface area contributed by atoms with Crippen LogP contribution in [-0.2, 0) is 0 Å². The van der Waals surface area contributed by atoms with Gasteiger partial charge in [0.1, 0.15) is 5.58 Å². The molecule has 20 heavy (non-hydrogen) atoms. The van der Waals surface area contributed by atoms with Crippen molar-refractivity contribution in [3.8, 4) is 11.1 Å². The van der Waals surface area contributed by atoms with Crippen LogP contribution in [0.25, 0.3) is 33.1 Å². The third-order valence-corrected chi connectivity index (χ3v) is 3.95. The fraction of sp³-hybridized carbons (Fsp3) is 0. The molecule has 1 aromatic heterocycles. The van der Waals surface area contributed by atoms with Crippen LogP contribution in [0.2, 0.25) is 5.02 Å². The van der Waals surface area contributed by atoms with Crippen LogP contribution in [0.4, 0.5) is 0 Å². The molecule has 0 amide bonds. The number of fused-ring (bicyclic) bond motifs is 3. The van der Waals surface area contributed by atoms with Gasteiger partial charge in [-0.25, -0.2) is 0 Å². The van der Waals surface area contributed by atoms with E-state index < -0.39 is 0 Å². The molecule has 1 nitrogen and oxygen atoms in total. The smallest absolute Gasteiger partial charge is 0.154 e. The van der Waals surface area contributed by atoms with Crippen molar-refractivity contribution in [2.75, 3.05) is 0 Å². The number of furan rings is 1. The lowest BCUT2D eigenvalue weighted by atomic mass is 10.0. The molecular weight excluding hydrogens is 268 g/mol. The summed E-state index contributed by atoms with van der Waals surface area (Å²) in [6, 6.07) is 22.3. The molecule has 2 heteroatoms. The predicted molar refractivity (Wildman–Crippen MR) is 84.2 cm³/mol. The van der Waals surface area contributed by atoms with Gasteiger partial charge in [0.25, 0.3) is 0 Å². The third kappa shape index (κ3) is 1.64. The summed E-state index contributed by atoms with van der Waals surface area (Å²) < 4.78 is 5.91. The Morgan fingerprint density at radius 1 is 0.700 bits per heavy atom. The molecular formula is C18H11ClO. The van der Waals surface area contributed by atoms with Gasteiger partial charge in [0.15, 0.2) is 5.58 Å². The SMILES string of the molecule is Clc1c(-c2ccccc2)ccc2c1oc1ccccc12. The zero-order valence-electron chi connectivity index (χ0n) is 10.6. The van der Waals surface area contributed by atoms with Gasteiger partial charge in [-0.2, -0.15) is 0 Å². The average Bonchev–Trinajstić information content (AvgIpc) is 2.88. The van der Waals surface area contributed by atoms with Crippen molar-refractivity contribution in [1.82, 2.24) is 0 Å². The van der Waals surface area contributed by atoms with Crippen molar-refractivity contribution in [1.29, 1.82) is 0 Å². The summed E-state index contributed by atoms with van der Waals surface area (Å²) in [6.45, 7) is 0. The molecule has 4 aromatic rings. The molecule has 4 rings (SSSR count). The van der Waals surface area contributed by atoms with Crippen LogP contribution >= 0.6 is 11.6 Å². The molecule has 0 fully saturated rings. The summed E-state index contributed by atoms with van der Waals surface area (Å²) in [4.78, 5) is 0. The van der Waals surface area contributed by atoms with Gasteiger partial charge in [0.2, 0.25) is 0 Å². The van der Waals surface area contributed by atoms with E-state index in [1.54, 1.807) is 0 Å². The standard InChI is InChI=1S/C18H11ClO/c19-17-13(12-6-2-1-3-7-12)10-11-15-14-8-4-5-9-16(14)20-18(15)17/h1-11H. The number of benzene rings is 3. The molecule has 1 heterocycles. The van der Waals surface area contributed by atoms with Crippen molar-refractivity contribution in [3.05, 3.63) is 71.8 Å². The van der Waals surface area contributed by atoms with Crippen molar-refractivity contribution >= 4 is 33.5 Å². The Balaban J connectivity index is 2.07. The first-order valence-electron chi connectivity index (χ1n) is 6.50. The Morgan fingerprint density at radius 2 is 1.45 bits per heavy atom. The maximum absolute atomic E-state index is 6.55. The second-order valence-corrected chi connectivity index (χ2v) is 5.15. The zero-order chi connectivity index (χ0) is 13.5. The molecule has 0 bridgehead atoms. The van der Waals surface area contributed by atoms with E-state index in [4.69, 9.17) is 16.0 Å². The lowest BCUT2D eigenvalue weighted by molar-refractivity contribution is 0.669. The molecule has 0 atom stereocenters. The first-order chi connectivity index (χ1) is 9.84.